The van der Waals surface area contributed by atoms with Gasteiger partial charge in [-0.15, -0.1) is 0 Å². The van der Waals surface area contributed by atoms with Crippen molar-refractivity contribution in [1.29, 1.82) is 0 Å². The fourth-order valence-corrected chi connectivity index (χ4v) is 3.39. The van der Waals surface area contributed by atoms with E-state index in [1.165, 1.54) is 12.1 Å². The molecule has 0 aliphatic carbocycles. The fourth-order valence-electron chi connectivity index (χ4n) is 3.39. The second-order valence-electron chi connectivity index (χ2n) is 7.73. The SMILES string of the molecule is Cc1cc(C)c(C)c(Oc2cc(NC(=O)CCn3nc(C)cc3C)cc([N+](=O)[O-])c2)c1. The van der Waals surface area contributed by atoms with Crippen molar-refractivity contribution in [2.75, 3.05) is 5.32 Å². The number of hydrogen-bond acceptors (Lipinski definition) is 5. The molecule has 162 valence electrons. The van der Waals surface area contributed by atoms with E-state index in [4.69, 9.17) is 4.74 Å². The summed E-state index contributed by atoms with van der Waals surface area (Å²) in [4.78, 5) is 23.3. The first-order valence-electron chi connectivity index (χ1n) is 9.98. The molecule has 0 bridgehead atoms. The van der Waals surface area contributed by atoms with Crippen LogP contribution in [-0.4, -0.2) is 20.6 Å². The molecule has 0 unspecified atom stereocenters. The average molecular weight is 422 g/mol. The molecule has 0 fully saturated rings. The molecule has 0 radical (unpaired) electrons. The maximum Gasteiger partial charge on any atom is 0.275 e. The van der Waals surface area contributed by atoms with Crippen LogP contribution in [0.1, 0.15) is 34.5 Å². The largest absolute Gasteiger partial charge is 0.457 e. The van der Waals surface area contributed by atoms with Gasteiger partial charge in [-0.1, -0.05) is 6.07 Å². The Balaban J connectivity index is 1.79. The van der Waals surface area contributed by atoms with Crippen molar-refractivity contribution in [2.24, 2.45) is 0 Å². The van der Waals surface area contributed by atoms with E-state index in [1.54, 1.807) is 10.7 Å². The summed E-state index contributed by atoms with van der Waals surface area (Å²) in [6.07, 6.45) is 0.191. The van der Waals surface area contributed by atoms with Crippen molar-refractivity contribution in [3.63, 3.8) is 0 Å². The highest BCUT2D eigenvalue weighted by molar-refractivity contribution is 5.91. The number of aromatic nitrogens is 2. The van der Waals surface area contributed by atoms with Crippen molar-refractivity contribution in [3.8, 4) is 11.5 Å². The summed E-state index contributed by atoms with van der Waals surface area (Å²) in [5, 5.41) is 18.5. The van der Waals surface area contributed by atoms with E-state index in [9.17, 15) is 14.9 Å². The zero-order chi connectivity index (χ0) is 22.7. The Morgan fingerprint density at radius 2 is 1.84 bits per heavy atom. The first-order valence-corrected chi connectivity index (χ1v) is 9.98. The second kappa shape index (κ2) is 8.99. The zero-order valence-electron chi connectivity index (χ0n) is 18.4. The van der Waals surface area contributed by atoms with Gasteiger partial charge >= 0.3 is 0 Å². The van der Waals surface area contributed by atoms with Gasteiger partial charge in [0.05, 0.1) is 22.4 Å². The summed E-state index contributed by atoms with van der Waals surface area (Å²) in [5.74, 6) is 0.650. The van der Waals surface area contributed by atoms with Gasteiger partial charge in [-0.3, -0.25) is 19.6 Å². The Morgan fingerprint density at radius 3 is 2.48 bits per heavy atom. The predicted molar refractivity (Wildman–Crippen MR) is 119 cm³/mol. The Bertz CT molecular complexity index is 1150. The molecule has 0 aliphatic heterocycles. The van der Waals surface area contributed by atoms with Gasteiger partial charge in [-0.25, -0.2) is 0 Å². The highest BCUT2D eigenvalue weighted by Crippen LogP contribution is 2.33. The lowest BCUT2D eigenvalue weighted by molar-refractivity contribution is -0.384. The van der Waals surface area contributed by atoms with Crippen LogP contribution in [0.15, 0.2) is 36.4 Å². The van der Waals surface area contributed by atoms with Crippen LogP contribution in [-0.2, 0) is 11.3 Å². The van der Waals surface area contributed by atoms with Crippen molar-refractivity contribution < 1.29 is 14.5 Å². The minimum atomic E-state index is -0.507. The van der Waals surface area contributed by atoms with Gasteiger partial charge < -0.3 is 10.1 Å². The van der Waals surface area contributed by atoms with Crippen LogP contribution in [0.2, 0.25) is 0 Å². The highest BCUT2D eigenvalue weighted by atomic mass is 16.6. The monoisotopic (exact) mass is 422 g/mol. The van der Waals surface area contributed by atoms with Gasteiger partial charge in [-0.05, 0) is 63.4 Å². The van der Waals surface area contributed by atoms with Crippen molar-refractivity contribution in [2.45, 2.75) is 47.6 Å². The number of nitro groups is 1. The minimum absolute atomic E-state index is 0.159. The maximum atomic E-state index is 12.4. The lowest BCUT2D eigenvalue weighted by Gasteiger charge is -2.13. The molecule has 1 N–H and O–H groups in total. The molecule has 0 spiro atoms. The molecule has 0 atom stereocenters. The standard InChI is InChI=1S/C23H26N4O4/c1-14-8-15(2)18(5)22(9-14)31-21-12-19(11-20(13-21)27(29)30)24-23(28)6-7-26-17(4)10-16(3)25-26/h8-13H,6-7H2,1-5H3,(H,24,28). The molecule has 1 heterocycles. The number of non-ortho nitro benzene ring substituents is 1. The van der Waals surface area contributed by atoms with Crippen LogP contribution in [0.5, 0.6) is 11.5 Å². The van der Waals surface area contributed by atoms with E-state index in [-0.39, 0.29) is 23.8 Å². The summed E-state index contributed by atoms with van der Waals surface area (Å²) in [6.45, 7) is 10.1. The smallest absolute Gasteiger partial charge is 0.275 e. The number of carbonyl (C=O) groups excluding carboxylic acids is 1. The van der Waals surface area contributed by atoms with Crippen molar-refractivity contribution in [1.82, 2.24) is 9.78 Å². The number of carbonyl (C=O) groups is 1. The van der Waals surface area contributed by atoms with Crippen LogP contribution < -0.4 is 10.1 Å². The van der Waals surface area contributed by atoms with Crippen molar-refractivity contribution >= 4 is 17.3 Å². The Labute approximate surface area is 181 Å². The van der Waals surface area contributed by atoms with Crippen LogP contribution in [0.4, 0.5) is 11.4 Å². The fraction of sp³-hybridized carbons (Fsp3) is 0.304. The Hall–Kier alpha value is -3.68. The number of hydrogen-bond donors (Lipinski definition) is 1. The number of rotatable bonds is 7. The number of aryl methyl sites for hydroxylation is 5. The number of amides is 1. The average Bonchev–Trinajstić information content (AvgIpc) is 3.01. The van der Waals surface area contributed by atoms with Gasteiger partial charge in [0.15, 0.2) is 0 Å². The van der Waals surface area contributed by atoms with Crippen LogP contribution >= 0.6 is 0 Å². The van der Waals surface area contributed by atoms with Gasteiger partial charge in [0.2, 0.25) is 5.91 Å². The van der Waals surface area contributed by atoms with Gasteiger partial charge in [-0.2, -0.15) is 5.10 Å². The van der Waals surface area contributed by atoms with E-state index >= 15 is 0 Å². The van der Waals surface area contributed by atoms with Crippen molar-refractivity contribution in [3.05, 3.63) is 74.6 Å². The predicted octanol–water partition coefficient (Wildman–Crippen LogP) is 5.15. The van der Waals surface area contributed by atoms with Crippen LogP contribution in [0.3, 0.4) is 0 Å². The third kappa shape index (κ3) is 5.48. The molecule has 3 aromatic rings. The normalized spacial score (nSPS) is 10.7. The Kier molecular flexibility index (Phi) is 6.39. The van der Waals surface area contributed by atoms with Gasteiger partial charge in [0, 0.05) is 30.8 Å². The van der Waals surface area contributed by atoms with E-state index in [2.05, 4.69) is 10.4 Å². The first kappa shape index (κ1) is 22.0. The maximum absolute atomic E-state index is 12.4. The zero-order valence-corrected chi connectivity index (χ0v) is 18.4. The number of nitro benzene ring substituents is 1. The first-order chi connectivity index (χ1) is 14.6. The number of ether oxygens (including phenoxy) is 1. The molecule has 0 saturated heterocycles. The Morgan fingerprint density at radius 1 is 1.10 bits per heavy atom. The van der Waals surface area contributed by atoms with E-state index in [0.29, 0.717) is 18.0 Å². The quantitative estimate of drug-likeness (QED) is 0.419. The molecule has 1 amide bonds. The molecule has 31 heavy (non-hydrogen) atoms. The molecule has 0 aliphatic rings. The lowest BCUT2D eigenvalue weighted by atomic mass is 10.1. The van der Waals surface area contributed by atoms with E-state index < -0.39 is 4.92 Å². The lowest BCUT2D eigenvalue weighted by Crippen LogP contribution is -2.15. The molecular weight excluding hydrogens is 396 g/mol. The number of nitrogens with one attached hydrogen (secondary N) is 1. The topological polar surface area (TPSA) is 99.3 Å². The van der Waals surface area contributed by atoms with Crippen LogP contribution in [0, 0.1) is 44.7 Å². The minimum Gasteiger partial charge on any atom is -0.457 e. The number of benzene rings is 2. The molecule has 8 nitrogen and oxygen atoms in total. The molecule has 2 aromatic carbocycles. The molecule has 1 aromatic heterocycles. The third-order valence-corrected chi connectivity index (χ3v) is 5.03. The molecule has 0 saturated carbocycles. The highest BCUT2D eigenvalue weighted by Gasteiger charge is 2.15. The van der Waals surface area contributed by atoms with E-state index in [1.807, 2.05) is 52.8 Å². The molecule has 8 heteroatoms. The summed E-state index contributed by atoms with van der Waals surface area (Å²) in [6, 6.07) is 10.1. The van der Waals surface area contributed by atoms with Gasteiger partial charge in [0.25, 0.3) is 5.69 Å². The summed E-state index contributed by atoms with van der Waals surface area (Å²) >= 11 is 0. The van der Waals surface area contributed by atoms with E-state index in [0.717, 1.165) is 28.1 Å². The molecule has 3 rings (SSSR count). The third-order valence-electron chi connectivity index (χ3n) is 5.03. The van der Waals surface area contributed by atoms with Crippen LogP contribution in [0.25, 0.3) is 0 Å². The number of anilines is 1. The summed E-state index contributed by atoms with van der Waals surface area (Å²) < 4.78 is 7.73. The molecular formula is C23H26N4O4. The van der Waals surface area contributed by atoms with Gasteiger partial charge in [0.1, 0.15) is 11.5 Å². The second-order valence-corrected chi connectivity index (χ2v) is 7.73. The summed E-state index contributed by atoms with van der Waals surface area (Å²) in [5.41, 5.74) is 5.06. The number of nitrogens with zero attached hydrogens (tertiary/aromatic N) is 3. The summed E-state index contributed by atoms with van der Waals surface area (Å²) in [7, 11) is 0.